The van der Waals surface area contributed by atoms with E-state index in [4.69, 9.17) is 13.9 Å². The highest BCUT2D eigenvalue weighted by Crippen LogP contribution is 2.28. The lowest BCUT2D eigenvalue weighted by Gasteiger charge is -2.28. The van der Waals surface area contributed by atoms with E-state index in [1.54, 1.807) is 40.0 Å². The van der Waals surface area contributed by atoms with Gasteiger partial charge in [0, 0.05) is 7.11 Å². The third-order valence-corrected chi connectivity index (χ3v) is 7.01. The number of carbonyl (C=O) groups is 1. The number of ether oxygens (including phenoxy) is 2. The number of hydrogen-bond donors (Lipinski definition) is 0. The molecular weight excluding hydrogens is 284 g/mol. The van der Waals surface area contributed by atoms with Crippen LogP contribution in [0.1, 0.15) is 38.8 Å². The average Bonchev–Trinajstić information content (AvgIpc) is 2.36. The third-order valence-electron chi connectivity index (χ3n) is 3.54. The number of rotatable bonds is 4. The maximum absolute atomic E-state index is 11.6. The van der Waals surface area contributed by atoms with Gasteiger partial charge < -0.3 is 13.9 Å². The molecule has 0 bridgehead atoms. The van der Waals surface area contributed by atoms with Crippen LogP contribution in [0.3, 0.4) is 0 Å². The van der Waals surface area contributed by atoms with Gasteiger partial charge >= 0.3 is 6.16 Å². The zero-order chi connectivity index (χ0) is 16.3. The maximum atomic E-state index is 11.6. The molecule has 1 aromatic rings. The largest absolute Gasteiger partial charge is 0.514 e. The molecule has 0 spiro atoms. The summed E-state index contributed by atoms with van der Waals surface area (Å²) in [7, 11) is 0.0315. The van der Waals surface area contributed by atoms with E-state index in [1.807, 2.05) is 12.1 Å². The van der Waals surface area contributed by atoms with Gasteiger partial charge in [-0.25, -0.2) is 4.79 Å². The highest BCUT2D eigenvalue weighted by atomic mass is 28.4. The lowest BCUT2D eigenvalue weighted by Crippen LogP contribution is -2.35. The topological polar surface area (TPSA) is 44.8 Å². The van der Waals surface area contributed by atoms with E-state index in [1.165, 1.54) is 5.56 Å². The Bertz CT molecular complexity index is 474. The summed E-state index contributed by atoms with van der Waals surface area (Å²) in [6, 6.07) is 7.52. The molecule has 0 amide bonds. The highest BCUT2D eigenvalue weighted by molar-refractivity contribution is 6.72. The van der Waals surface area contributed by atoms with Crippen LogP contribution in [-0.2, 0) is 9.16 Å². The normalized spacial score (nSPS) is 13.7. The van der Waals surface area contributed by atoms with E-state index in [2.05, 4.69) is 20.0 Å². The van der Waals surface area contributed by atoms with Crippen molar-refractivity contribution in [3.63, 3.8) is 0 Å². The number of hydrogen-bond acceptors (Lipinski definition) is 4. The molecule has 0 fully saturated rings. The molecule has 5 heteroatoms. The Morgan fingerprint density at radius 1 is 1.14 bits per heavy atom. The average molecular weight is 310 g/mol. The second-order valence-electron chi connectivity index (χ2n) is 6.66. The van der Waals surface area contributed by atoms with Crippen molar-refractivity contribution in [3.8, 4) is 5.75 Å². The van der Waals surface area contributed by atoms with Crippen molar-refractivity contribution in [1.82, 2.24) is 0 Å². The Morgan fingerprint density at radius 3 is 2.10 bits per heavy atom. The minimum absolute atomic E-state index is 0.359. The first-order valence-corrected chi connectivity index (χ1v) is 10.1. The van der Waals surface area contributed by atoms with E-state index < -0.39 is 20.1 Å². The number of benzene rings is 1. The van der Waals surface area contributed by atoms with Gasteiger partial charge in [0.1, 0.15) is 11.4 Å². The lowest BCUT2D eigenvalue weighted by atomic mass is 10.1. The standard InChI is InChI=1S/C16H26O4Si/c1-12(21(6,7)18-5)13-8-10-14(11-9-13)19-15(17)20-16(2,3)4/h8-12H,1-7H3. The molecule has 118 valence electrons. The van der Waals surface area contributed by atoms with Crippen molar-refractivity contribution in [3.05, 3.63) is 29.8 Å². The van der Waals surface area contributed by atoms with E-state index in [9.17, 15) is 4.79 Å². The zero-order valence-corrected chi connectivity index (χ0v) is 15.0. The second kappa shape index (κ2) is 6.62. The van der Waals surface area contributed by atoms with E-state index in [0.29, 0.717) is 11.3 Å². The molecule has 0 heterocycles. The highest BCUT2D eigenvalue weighted by Gasteiger charge is 2.30. The summed E-state index contributed by atoms with van der Waals surface area (Å²) in [6.45, 7) is 11.9. The predicted octanol–water partition coefficient (Wildman–Crippen LogP) is 4.49. The van der Waals surface area contributed by atoms with Crippen LogP contribution in [0.5, 0.6) is 5.75 Å². The molecule has 0 radical (unpaired) electrons. The quantitative estimate of drug-likeness (QED) is 0.467. The van der Waals surface area contributed by atoms with E-state index in [-0.39, 0.29) is 0 Å². The van der Waals surface area contributed by atoms with Crippen molar-refractivity contribution >= 4 is 14.5 Å². The first kappa shape index (κ1) is 17.7. The molecule has 1 rings (SSSR count). The van der Waals surface area contributed by atoms with Crippen LogP contribution >= 0.6 is 0 Å². The van der Waals surface area contributed by atoms with Gasteiger partial charge in [0.15, 0.2) is 8.32 Å². The first-order valence-electron chi connectivity index (χ1n) is 7.11. The van der Waals surface area contributed by atoms with E-state index in [0.717, 1.165) is 0 Å². The van der Waals surface area contributed by atoms with Crippen LogP contribution in [-0.4, -0.2) is 27.2 Å². The van der Waals surface area contributed by atoms with E-state index >= 15 is 0 Å². The summed E-state index contributed by atoms with van der Waals surface area (Å²) >= 11 is 0. The summed E-state index contributed by atoms with van der Waals surface area (Å²) in [5.41, 5.74) is 0.989. The van der Waals surface area contributed by atoms with Crippen LogP contribution in [0.4, 0.5) is 4.79 Å². The summed E-state index contributed by atoms with van der Waals surface area (Å²) < 4.78 is 15.9. The molecule has 4 nitrogen and oxygen atoms in total. The lowest BCUT2D eigenvalue weighted by molar-refractivity contribution is 0.0206. The fourth-order valence-electron chi connectivity index (χ4n) is 1.77. The molecular formula is C16H26O4Si. The zero-order valence-electron chi connectivity index (χ0n) is 14.0. The molecule has 0 saturated heterocycles. The Labute approximate surface area is 128 Å². The molecule has 0 aliphatic rings. The minimum Gasteiger partial charge on any atom is -0.428 e. The van der Waals surface area contributed by atoms with Crippen LogP contribution in [0.2, 0.25) is 13.1 Å². The molecule has 0 N–H and O–H groups in total. The van der Waals surface area contributed by atoms with Crippen LogP contribution in [0, 0.1) is 0 Å². The fraction of sp³-hybridized carbons (Fsp3) is 0.562. The van der Waals surface area contributed by atoms with Crippen molar-refractivity contribution in [2.45, 2.75) is 51.9 Å². The van der Waals surface area contributed by atoms with Crippen molar-refractivity contribution in [2.75, 3.05) is 7.11 Å². The second-order valence-corrected chi connectivity index (χ2v) is 11.1. The van der Waals surface area contributed by atoms with Gasteiger partial charge in [0.25, 0.3) is 0 Å². The molecule has 1 unspecified atom stereocenters. The summed E-state index contributed by atoms with van der Waals surface area (Å²) in [5, 5.41) is 0. The summed E-state index contributed by atoms with van der Waals surface area (Å²) in [6.07, 6.45) is -0.685. The summed E-state index contributed by atoms with van der Waals surface area (Å²) in [4.78, 5) is 11.6. The van der Waals surface area contributed by atoms with Gasteiger partial charge in [-0.2, -0.15) is 0 Å². The van der Waals surface area contributed by atoms with Crippen LogP contribution < -0.4 is 4.74 Å². The number of carbonyl (C=O) groups excluding carboxylic acids is 1. The molecule has 0 saturated carbocycles. The van der Waals surface area contributed by atoms with Gasteiger partial charge in [0.2, 0.25) is 0 Å². The Balaban J connectivity index is 2.73. The Morgan fingerprint density at radius 2 is 1.67 bits per heavy atom. The Hall–Kier alpha value is -1.33. The SMILES string of the molecule is CO[Si](C)(C)C(C)c1ccc(OC(=O)OC(C)(C)C)cc1. The van der Waals surface area contributed by atoms with Crippen molar-refractivity contribution in [1.29, 1.82) is 0 Å². The molecule has 1 atom stereocenters. The van der Waals surface area contributed by atoms with Crippen LogP contribution in [0.25, 0.3) is 0 Å². The third kappa shape index (κ3) is 5.51. The fourth-order valence-corrected chi connectivity index (χ4v) is 3.12. The van der Waals surface area contributed by atoms with Crippen molar-refractivity contribution < 1.29 is 18.7 Å². The monoisotopic (exact) mass is 310 g/mol. The molecule has 0 aromatic heterocycles. The van der Waals surface area contributed by atoms with Gasteiger partial charge in [-0.05, 0) is 57.1 Å². The predicted molar refractivity (Wildman–Crippen MR) is 86.2 cm³/mol. The van der Waals surface area contributed by atoms with Gasteiger partial charge in [-0.15, -0.1) is 0 Å². The Kier molecular flexibility index (Phi) is 5.59. The smallest absolute Gasteiger partial charge is 0.428 e. The molecule has 21 heavy (non-hydrogen) atoms. The minimum atomic E-state index is -1.74. The summed E-state index contributed by atoms with van der Waals surface area (Å²) in [5.74, 6) is 0.483. The molecule has 1 aromatic carbocycles. The molecule has 0 aliphatic carbocycles. The molecule has 0 aliphatic heterocycles. The first-order chi connectivity index (χ1) is 9.55. The maximum Gasteiger partial charge on any atom is 0.514 e. The van der Waals surface area contributed by atoms with Gasteiger partial charge in [-0.1, -0.05) is 19.1 Å². The van der Waals surface area contributed by atoms with Gasteiger partial charge in [0.05, 0.1) is 0 Å². The van der Waals surface area contributed by atoms with Gasteiger partial charge in [-0.3, -0.25) is 0 Å². The van der Waals surface area contributed by atoms with Crippen molar-refractivity contribution in [2.24, 2.45) is 0 Å². The van der Waals surface area contributed by atoms with Crippen LogP contribution in [0.15, 0.2) is 24.3 Å².